The first-order chi connectivity index (χ1) is 6.00. The largest absolute Gasteiger partial charge is 0.485 e. The van der Waals surface area contributed by atoms with Crippen molar-refractivity contribution in [3.8, 4) is 5.75 Å². The third-order valence-corrected chi connectivity index (χ3v) is 1.50. The summed E-state index contributed by atoms with van der Waals surface area (Å²) in [4.78, 5) is 0. The van der Waals surface area contributed by atoms with E-state index in [0.717, 1.165) is 0 Å². The number of rotatable bonds is 2. The van der Waals surface area contributed by atoms with Gasteiger partial charge in [0, 0.05) is 0 Å². The summed E-state index contributed by atoms with van der Waals surface area (Å²) in [5.74, 6) is -1.59. The van der Waals surface area contributed by atoms with Crippen LogP contribution in [0.15, 0.2) is 12.1 Å². The fourth-order valence-corrected chi connectivity index (χ4v) is 1.03. The Bertz CT molecular complexity index is 289. The van der Waals surface area contributed by atoms with Crippen molar-refractivity contribution in [3.05, 3.63) is 23.8 Å². The topological polar surface area (TPSA) is 9.23 Å². The smallest absolute Gasteiger partial charge is 0.190 e. The van der Waals surface area contributed by atoms with Crippen molar-refractivity contribution in [2.45, 2.75) is 20.0 Å². The van der Waals surface area contributed by atoms with Crippen LogP contribution in [-0.2, 0) is 0 Å². The van der Waals surface area contributed by atoms with Crippen molar-refractivity contribution in [1.82, 2.24) is 0 Å². The highest BCUT2D eigenvalue weighted by atomic mass is 19.1. The van der Waals surface area contributed by atoms with Gasteiger partial charge in [0.2, 0.25) is 0 Å². The lowest BCUT2D eigenvalue weighted by molar-refractivity contribution is 0.219. The van der Waals surface area contributed by atoms with Gasteiger partial charge in [-0.3, -0.25) is 0 Å². The Hall–Kier alpha value is -1.06. The van der Waals surface area contributed by atoms with Gasteiger partial charge in [-0.15, -0.1) is 0 Å². The average Bonchev–Trinajstić information content (AvgIpc) is 1.96. The van der Waals surface area contributed by atoms with E-state index in [-0.39, 0.29) is 11.9 Å². The Morgan fingerprint density at radius 1 is 1.23 bits per heavy atom. The van der Waals surface area contributed by atoms with Crippen molar-refractivity contribution < 1.29 is 13.5 Å². The van der Waals surface area contributed by atoms with Crippen LogP contribution in [0.4, 0.5) is 8.78 Å². The summed E-state index contributed by atoms with van der Waals surface area (Å²) in [5, 5.41) is 0. The minimum atomic E-state index is -0.647. The number of halogens is 2. The van der Waals surface area contributed by atoms with Crippen molar-refractivity contribution in [2.75, 3.05) is 0 Å². The van der Waals surface area contributed by atoms with Gasteiger partial charge < -0.3 is 4.74 Å². The minimum absolute atomic E-state index is 0.230. The number of ether oxygens (including phenoxy) is 1. The van der Waals surface area contributed by atoms with Crippen molar-refractivity contribution in [2.24, 2.45) is 0 Å². The van der Waals surface area contributed by atoms with Gasteiger partial charge in [0.15, 0.2) is 17.4 Å². The van der Waals surface area contributed by atoms with Gasteiger partial charge in [0.05, 0.1) is 6.10 Å². The second-order valence-corrected chi connectivity index (χ2v) is 3.22. The number of benzene rings is 1. The highest BCUT2D eigenvalue weighted by Gasteiger charge is 2.12. The summed E-state index contributed by atoms with van der Waals surface area (Å²) >= 11 is 0. The molecule has 0 fully saturated rings. The molecule has 1 aromatic rings. The Kier molecular flexibility index (Phi) is 2.91. The van der Waals surface area contributed by atoms with E-state index in [1.165, 1.54) is 12.1 Å². The van der Waals surface area contributed by atoms with Crippen LogP contribution in [0.3, 0.4) is 0 Å². The monoisotopic (exact) mass is 184 g/mol. The Balaban J connectivity index is 3.06. The molecule has 0 aliphatic carbocycles. The van der Waals surface area contributed by atoms with E-state index in [2.05, 4.69) is 0 Å². The van der Waals surface area contributed by atoms with Crippen LogP contribution < -0.4 is 10.2 Å². The zero-order valence-corrected chi connectivity index (χ0v) is 7.90. The molecule has 0 radical (unpaired) electrons. The Labute approximate surface area is 77.1 Å². The molecule has 0 unspecified atom stereocenters. The second kappa shape index (κ2) is 3.77. The molecule has 0 aliphatic heterocycles. The van der Waals surface area contributed by atoms with Gasteiger partial charge in [0.25, 0.3) is 0 Å². The molecule has 0 saturated heterocycles. The maximum Gasteiger partial charge on any atom is 0.190 e. The van der Waals surface area contributed by atoms with Crippen molar-refractivity contribution in [3.63, 3.8) is 0 Å². The lowest BCUT2D eigenvalue weighted by Gasteiger charge is -2.11. The van der Waals surface area contributed by atoms with E-state index in [0.29, 0.717) is 5.46 Å². The molecule has 1 nitrogen and oxygen atoms in total. The zero-order chi connectivity index (χ0) is 10.0. The SMILES string of the molecule is Bc1cc(F)c(OC(C)C)c(F)c1. The number of hydrogen-bond acceptors (Lipinski definition) is 1. The lowest BCUT2D eigenvalue weighted by Crippen LogP contribution is -2.12. The van der Waals surface area contributed by atoms with E-state index in [1.807, 2.05) is 0 Å². The van der Waals surface area contributed by atoms with Crippen LogP contribution >= 0.6 is 0 Å². The molecule has 0 spiro atoms. The summed E-state index contributed by atoms with van der Waals surface area (Å²) in [6.45, 7) is 3.44. The van der Waals surface area contributed by atoms with Crippen LogP contribution in [0.5, 0.6) is 5.75 Å². The molecule has 1 rings (SSSR count). The van der Waals surface area contributed by atoms with Crippen molar-refractivity contribution in [1.29, 1.82) is 0 Å². The standard InChI is InChI=1S/C9H11BF2O/c1-5(2)13-9-7(11)3-6(10)4-8(9)12/h3-5H,10H2,1-2H3. The van der Waals surface area contributed by atoms with Crippen LogP contribution in [0.2, 0.25) is 0 Å². The van der Waals surface area contributed by atoms with Gasteiger partial charge in [-0.25, -0.2) is 8.78 Å². The fraction of sp³-hybridized carbons (Fsp3) is 0.333. The quantitative estimate of drug-likeness (QED) is 0.623. The molecule has 4 heteroatoms. The van der Waals surface area contributed by atoms with Gasteiger partial charge in [-0.1, -0.05) is 5.46 Å². The first kappa shape index (κ1) is 10.0. The third-order valence-electron chi connectivity index (χ3n) is 1.50. The molecular weight excluding hydrogens is 173 g/mol. The first-order valence-electron chi connectivity index (χ1n) is 4.13. The maximum absolute atomic E-state index is 13.1. The van der Waals surface area contributed by atoms with E-state index < -0.39 is 11.6 Å². The van der Waals surface area contributed by atoms with Crippen molar-refractivity contribution >= 4 is 13.3 Å². The second-order valence-electron chi connectivity index (χ2n) is 3.22. The lowest BCUT2D eigenvalue weighted by atomic mass is 9.96. The van der Waals surface area contributed by atoms with E-state index in [1.54, 1.807) is 21.7 Å². The summed E-state index contributed by atoms with van der Waals surface area (Å²) in [5.41, 5.74) is 0.547. The Morgan fingerprint density at radius 2 is 1.69 bits per heavy atom. The molecule has 70 valence electrons. The summed E-state index contributed by atoms with van der Waals surface area (Å²) in [7, 11) is 1.63. The molecule has 0 heterocycles. The molecule has 0 amide bonds. The normalized spacial score (nSPS) is 10.5. The van der Waals surface area contributed by atoms with Gasteiger partial charge in [-0.05, 0) is 26.0 Å². The molecule has 0 aliphatic rings. The molecule has 0 N–H and O–H groups in total. The van der Waals surface area contributed by atoms with Crippen LogP contribution in [-0.4, -0.2) is 14.0 Å². The van der Waals surface area contributed by atoms with Gasteiger partial charge >= 0.3 is 0 Å². The Morgan fingerprint density at radius 3 is 2.08 bits per heavy atom. The summed E-state index contributed by atoms with van der Waals surface area (Å²) in [6.07, 6.45) is -0.230. The average molecular weight is 184 g/mol. The summed E-state index contributed by atoms with van der Waals surface area (Å²) in [6, 6.07) is 2.50. The fourth-order valence-electron chi connectivity index (χ4n) is 1.03. The minimum Gasteiger partial charge on any atom is -0.485 e. The molecule has 13 heavy (non-hydrogen) atoms. The van der Waals surface area contributed by atoms with E-state index in [9.17, 15) is 8.78 Å². The zero-order valence-electron chi connectivity index (χ0n) is 7.90. The predicted molar refractivity (Wildman–Crippen MR) is 50.3 cm³/mol. The van der Waals surface area contributed by atoms with Gasteiger partial charge in [0.1, 0.15) is 7.85 Å². The van der Waals surface area contributed by atoms with Crippen LogP contribution in [0.25, 0.3) is 0 Å². The molecule has 0 saturated carbocycles. The highest BCUT2D eigenvalue weighted by Crippen LogP contribution is 2.20. The molecule has 0 aromatic heterocycles. The van der Waals surface area contributed by atoms with E-state index >= 15 is 0 Å². The van der Waals surface area contributed by atoms with E-state index in [4.69, 9.17) is 4.74 Å². The molecule has 1 aromatic carbocycles. The number of hydrogen-bond donors (Lipinski definition) is 0. The summed E-state index contributed by atoms with van der Waals surface area (Å²) < 4.78 is 31.2. The molecule has 0 bridgehead atoms. The molecular formula is C9H11BF2O. The van der Waals surface area contributed by atoms with Gasteiger partial charge in [-0.2, -0.15) is 0 Å². The highest BCUT2D eigenvalue weighted by molar-refractivity contribution is 6.32. The van der Waals surface area contributed by atoms with Crippen LogP contribution in [0, 0.1) is 11.6 Å². The van der Waals surface area contributed by atoms with Crippen LogP contribution in [0.1, 0.15) is 13.8 Å². The maximum atomic E-state index is 13.1. The first-order valence-corrected chi connectivity index (χ1v) is 4.13. The third kappa shape index (κ3) is 2.44. The molecule has 0 atom stereocenters. The predicted octanol–water partition coefficient (Wildman–Crippen LogP) is 1.01.